The number of amides is 1. The van der Waals surface area contributed by atoms with Gasteiger partial charge in [0.1, 0.15) is 0 Å². The Bertz CT molecular complexity index is 182. The minimum atomic E-state index is 0.120. The van der Waals surface area contributed by atoms with Gasteiger partial charge in [-0.1, -0.05) is 0 Å². The molecule has 1 atom stereocenters. The molecule has 0 aromatic heterocycles. The van der Waals surface area contributed by atoms with E-state index in [1.807, 2.05) is 7.05 Å². The third kappa shape index (κ3) is 3.64. The molecule has 1 saturated heterocycles. The maximum atomic E-state index is 11.2. The van der Waals surface area contributed by atoms with Gasteiger partial charge in [0, 0.05) is 13.6 Å². The van der Waals surface area contributed by atoms with Gasteiger partial charge in [0.05, 0.1) is 6.54 Å². The number of hydrogen-bond donors (Lipinski definition) is 2. The van der Waals surface area contributed by atoms with Crippen LogP contribution in [0.15, 0.2) is 0 Å². The Hall–Kier alpha value is -0.610. The number of piperidine rings is 1. The molecule has 1 amide bonds. The van der Waals surface area contributed by atoms with Crippen molar-refractivity contribution >= 4 is 5.91 Å². The summed E-state index contributed by atoms with van der Waals surface area (Å²) in [4.78, 5) is 13.4. The van der Waals surface area contributed by atoms with E-state index in [2.05, 4.69) is 15.5 Å². The predicted octanol–water partition coefficient (Wildman–Crippen LogP) is -0.336. The summed E-state index contributed by atoms with van der Waals surface area (Å²) in [5, 5.41) is 5.86. The van der Waals surface area contributed by atoms with Crippen LogP contribution >= 0.6 is 0 Å². The molecular weight excluding hydrogens is 178 g/mol. The highest BCUT2D eigenvalue weighted by Gasteiger charge is 2.20. The van der Waals surface area contributed by atoms with E-state index in [1.165, 1.54) is 12.8 Å². The molecular formula is C10H21N3O. The fourth-order valence-corrected chi connectivity index (χ4v) is 2.03. The van der Waals surface area contributed by atoms with Crippen LogP contribution in [-0.4, -0.2) is 51.1 Å². The lowest BCUT2D eigenvalue weighted by Crippen LogP contribution is -2.43. The van der Waals surface area contributed by atoms with Gasteiger partial charge in [-0.2, -0.15) is 0 Å². The van der Waals surface area contributed by atoms with Crippen LogP contribution in [-0.2, 0) is 4.79 Å². The number of hydrogen-bond acceptors (Lipinski definition) is 3. The monoisotopic (exact) mass is 199 g/mol. The van der Waals surface area contributed by atoms with Crippen molar-refractivity contribution in [2.75, 3.05) is 40.3 Å². The largest absolute Gasteiger partial charge is 0.358 e. The first-order valence-corrected chi connectivity index (χ1v) is 5.33. The lowest BCUT2D eigenvalue weighted by atomic mass is 9.98. The average molecular weight is 199 g/mol. The lowest BCUT2D eigenvalue weighted by Gasteiger charge is -2.31. The van der Waals surface area contributed by atoms with E-state index in [0.717, 1.165) is 19.6 Å². The van der Waals surface area contributed by atoms with Crippen LogP contribution in [0.4, 0.5) is 0 Å². The minimum absolute atomic E-state index is 0.120. The zero-order valence-corrected chi connectivity index (χ0v) is 9.18. The summed E-state index contributed by atoms with van der Waals surface area (Å²) in [6, 6.07) is 0. The molecule has 4 heteroatoms. The first kappa shape index (κ1) is 11.5. The molecule has 0 aromatic carbocycles. The van der Waals surface area contributed by atoms with E-state index in [1.54, 1.807) is 7.05 Å². The molecule has 82 valence electrons. The third-order valence-electron chi connectivity index (χ3n) is 2.74. The van der Waals surface area contributed by atoms with Gasteiger partial charge >= 0.3 is 0 Å². The van der Waals surface area contributed by atoms with Gasteiger partial charge in [-0.25, -0.2) is 0 Å². The summed E-state index contributed by atoms with van der Waals surface area (Å²) < 4.78 is 0. The highest BCUT2D eigenvalue weighted by Crippen LogP contribution is 2.14. The molecule has 1 aliphatic heterocycles. The third-order valence-corrected chi connectivity index (χ3v) is 2.74. The van der Waals surface area contributed by atoms with Crippen LogP contribution < -0.4 is 10.6 Å². The van der Waals surface area contributed by atoms with Gasteiger partial charge in [0.25, 0.3) is 0 Å². The Morgan fingerprint density at radius 2 is 2.29 bits per heavy atom. The summed E-state index contributed by atoms with van der Waals surface area (Å²) in [7, 11) is 3.68. The van der Waals surface area contributed by atoms with E-state index < -0.39 is 0 Å². The maximum absolute atomic E-state index is 11.2. The van der Waals surface area contributed by atoms with Crippen molar-refractivity contribution in [3.63, 3.8) is 0 Å². The normalized spacial score (nSPS) is 23.4. The second-order valence-corrected chi connectivity index (χ2v) is 3.97. The van der Waals surface area contributed by atoms with Crippen molar-refractivity contribution in [2.45, 2.75) is 12.8 Å². The average Bonchev–Trinajstić information content (AvgIpc) is 2.19. The SMILES string of the molecule is CNCC1CCCN(CC(=O)NC)C1. The van der Waals surface area contributed by atoms with E-state index in [9.17, 15) is 4.79 Å². The molecule has 4 nitrogen and oxygen atoms in total. The Balaban J connectivity index is 2.28. The maximum Gasteiger partial charge on any atom is 0.233 e. The molecule has 0 spiro atoms. The van der Waals surface area contributed by atoms with Crippen molar-refractivity contribution in [3.8, 4) is 0 Å². The Labute approximate surface area is 86.0 Å². The lowest BCUT2D eigenvalue weighted by molar-refractivity contribution is -0.122. The molecule has 14 heavy (non-hydrogen) atoms. The van der Waals surface area contributed by atoms with Crippen molar-refractivity contribution in [1.82, 2.24) is 15.5 Å². The molecule has 0 aromatic rings. The molecule has 1 heterocycles. The predicted molar refractivity (Wildman–Crippen MR) is 57.2 cm³/mol. The second-order valence-electron chi connectivity index (χ2n) is 3.97. The van der Waals surface area contributed by atoms with Gasteiger partial charge < -0.3 is 10.6 Å². The Morgan fingerprint density at radius 1 is 1.50 bits per heavy atom. The van der Waals surface area contributed by atoms with Crippen LogP contribution in [0.3, 0.4) is 0 Å². The molecule has 0 saturated carbocycles. The van der Waals surface area contributed by atoms with Crippen molar-refractivity contribution in [1.29, 1.82) is 0 Å². The quantitative estimate of drug-likeness (QED) is 0.651. The Morgan fingerprint density at radius 3 is 2.93 bits per heavy atom. The van der Waals surface area contributed by atoms with Crippen LogP contribution in [0.2, 0.25) is 0 Å². The molecule has 1 rings (SSSR count). The zero-order valence-electron chi connectivity index (χ0n) is 9.18. The first-order chi connectivity index (χ1) is 6.76. The number of nitrogens with zero attached hydrogens (tertiary/aromatic N) is 1. The van der Waals surface area contributed by atoms with Gasteiger partial charge in [0.15, 0.2) is 0 Å². The highest BCUT2D eigenvalue weighted by atomic mass is 16.1. The van der Waals surface area contributed by atoms with Gasteiger partial charge in [-0.3, -0.25) is 9.69 Å². The summed E-state index contributed by atoms with van der Waals surface area (Å²) >= 11 is 0. The van der Waals surface area contributed by atoms with E-state index >= 15 is 0 Å². The van der Waals surface area contributed by atoms with Crippen molar-refractivity contribution in [3.05, 3.63) is 0 Å². The van der Waals surface area contributed by atoms with Crippen LogP contribution in [0.25, 0.3) is 0 Å². The molecule has 1 fully saturated rings. The topological polar surface area (TPSA) is 44.4 Å². The first-order valence-electron chi connectivity index (χ1n) is 5.33. The van der Waals surface area contributed by atoms with Gasteiger partial charge in [0.2, 0.25) is 5.91 Å². The van der Waals surface area contributed by atoms with Crippen LogP contribution in [0, 0.1) is 5.92 Å². The van der Waals surface area contributed by atoms with E-state index in [-0.39, 0.29) is 5.91 Å². The molecule has 0 bridgehead atoms. The molecule has 2 N–H and O–H groups in total. The van der Waals surface area contributed by atoms with Crippen molar-refractivity contribution in [2.24, 2.45) is 5.92 Å². The zero-order chi connectivity index (χ0) is 10.4. The fourth-order valence-electron chi connectivity index (χ4n) is 2.03. The van der Waals surface area contributed by atoms with E-state index in [0.29, 0.717) is 12.5 Å². The van der Waals surface area contributed by atoms with Crippen molar-refractivity contribution < 1.29 is 4.79 Å². The summed E-state index contributed by atoms with van der Waals surface area (Å²) in [5.41, 5.74) is 0. The standard InChI is InChI=1S/C10H21N3O/c1-11-6-9-4-3-5-13(7-9)8-10(14)12-2/h9,11H,3-8H2,1-2H3,(H,12,14). The van der Waals surface area contributed by atoms with Gasteiger partial charge in [-0.15, -0.1) is 0 Å². The second kappa shape index (κ2) is 5.98. The summed E-state index contributed by atoms with van der Waals surface area (Å²) in [6.45, 7) is 3.73. The molecule has 0 radical (unpaired) electrons. The number of rotatable bonds is 4. The summed E-state index contributed by atoms with van der Waals surface area (Å²) in [6.07, 6.45) is 2.49. The molecule has 0 aliphatic carbocycles. The minimum Gasteiger partial charge on any atom is -0.358 e. The number of likely N-dealkylation sites (N-methyl/N-ethyl adjacent to an activating group) is 1. The number of likely N-dealkylation sites (tertiary alicyclic amines) is 1. The van der Waals surface area contributed by atoms with Gasteiger partial charge in [-0.05, 0) is 38.9 Å². The van der Waals surface area contributed by atoms with Crippen LogP contribution in [0.5, 0.6) is 0 Å². The molecule has 1 unspecified atom stereocenters. The highest BCUT2D eigenvalue weighted by molar-refractivity contribution is 5.77. The number of nitrogens with one attached hydrogen (secondary N) is 2. The van der Waals surface area contributed by atoms with Crippen LogP contribution in [0.1, 0.15) is 12.8 Å². The smallest absolute Gasteiger partial charge is 0.233 e. The Kier molecular flexibility index (Phi) is 4.90. The van der Waals surface area contributed by atoms with E-state index in [4.69, 9.17) is 0 Å². The number of carbonyl (C=O) groups is 1. The molecule has 1 aliphatic rings. The summed E-state index contributed by atoms with van der Waals surface area (Å²) in [5.74, 6) is 0.827. The fraction of sp³-hybridized carbons (Fsp3) is 0.900. The number of carbonyl (C=O) groups excluding carboxylic acids is 1.